The molecule has 1 atom stereocenters. The summed E-state index contributed by atoms with van der Waals surface area (Å²) in [6.45, 7) is 9.14. The van der Waals surface area contributed by atoms with Gasteiger partial charge in [0, 0.05) is 38.9 Å². The van der Waals surface area contributed by atoms with Gasteiger partial charge in [-0.25, -0.2) is 4.79 Å². The van der Waals surface area contributed by atoms with Crippen LogP contribution in [0.3, 0.4) is 0 Å². The van der Waals surface area contributed by atoms with Crippen LogP contribution >= 0.6 is 0 Å². The summed E-state index contributed by atoms with van der Waals surface area (Å²) in [5.74, 6) is 0.866. The molecule has 0 radical (unpaired) electrons. The largest absolute Gasteiger partial charge is 0.444 e. The summed E-state index contributed by atoms with van der Waals surface area (Å²) in [4.78, 5) is 14.2. The predicted octanol–water partition coefficient (Wildman–Crippen LogP) is 2.50. The highest BCUT2D eigenvalue weighted by Gasteiger charge is 2.28. The molecule has 0 bridgehead atoms. The van der Waals surface area contributed by atoms with Crippen molar-refractivity contribution in [2.45, 2.75) is 58.5 Å². The number of aromatic nitrogens is 2. The highest BCUT2D eigenvalue weighted by molar-refractivity contribution is 5.68. The normalized spacial score (nSPS) is 18.5. The molecule has 1 aromatic heterocycles. The monoisotopic (exact) mass is 354 g/mol. The number of piperidine rings is 1. The van der Waals surface area contributed by atoms with Gasteiger partial charge >= 0.3 is 6.09 Å². The second kappa shape index (κ2) is 8.05. The van der Waals surface area contributed by atoms with E-state index < -0.39 is 11.9 Å². The molecule has 1 saturated heterocycles. The average Bonchev–Trinajstić information content (AvgIpc) is 2.89. The zero-order chi connectivity index (χ0) is 18.6. The maximum absolute atomic E-state index is 12.0. The van der Waals surface area contributed by atoms with Crippen molar-refractivity contribution in [1.29, 1.82) is 0 Å². The van der Waals surface area contributed by atoms with Gasteiger partial charge in [0.25, 0.3) is 0 Å². The Morgan fingerprint density at radius 3 is 2.64 bits per heavy atom. The molecule has 0 unspecified atom stereocenters. The number of carbonyl (C=O) groups is 1. The van der Waals surface area contributed by atoms with Crippen molar-refractivity contribution in [1.82, 2.24) is 15.5 Å². The number of aromatic amines is 1. The maximum Gasteiger partial charge on any atom is 0.407 e. The van der Waals surface area contributed by atoms with Crippen LogP contribution in [-0.2, 0) is 14.2 Å². The summed E-state index contributed by atoms with van der Waals surface area (Å²) in [6, 6.07) is 0.0313. The number of ether oxygens (including phenoxy) is 3. The van der Waals surface area contributed by atoms with Crippen molar-refractivity contribution in [3.8, 4) is 0 Å². The third kappa shape index (κ3) is 5.09. The van der Waals surface area contributed by atoms with Gasteiger partial charge < -0.3 is 24.4 Å². The standard InChI is InChI=1S/C17H30N4O4/c1-11-13(15(23-5)24-6)19-20-14(11)21-9-7-8-12(10-21)18-16(22)25-17(2,3)4/h12,15H,7-10H2,1-6H3,(H,18,22)(H,19,20)/t12-/m1/s1. The van der Waals surface area contributed by atoms with Crippen LogP contribution in [0, 0.1) is 6.92 Å². The fourth-order valence-electron chi connectivity index (χ4n) is 3.03. The molecule has 0 spiro atoms. The minimum atomic E-state index is -0.499. The van der Waals surface area contributed by atoms with Gasteiger partial charge in [0.1, 0.15) is 5.60 Å². The molecule has 142 valence electrons. The van der Waals surface area contributed by atoms with E-state index in [1.54, 1.807) is 14.2 Å². The van der Waals surface area contributed by atoms with Gasteiger partial charge in [-0.2, -0.15) is 5.10 Å². The lowest BCUT2D eigenvalue weighted by molar-refractivity contribution is -0.109. The lowest BCUT2D eigenvalue weighted by Gasteiger charge is -2.34. The lowest BCUT2D eigenvalue weighted by Crippen LogP contribution is -2.49. The number of methoxy groups -OCH3 is 2. The Hall–Kier alpha value is -1.80. The van der Waals surface area contributed by atoms with E-state index in [2.05, 4.69) is 20.4 Å². The Kier molecular flexibility index (Phi) is 6.29. The van der Waals surface area contributed by atoms with Gasteiger partial charge in [0.2, 0.25) is 0 Å². The molecule has 2 heterocycles. The lowest BCUT2D eigenvalue weighted by atomic mass is 10.1. The van der Waals surface area contributed by atoms with E-state index in [0.717, 1.165) is 36.5 Å². The minimum Gasteiger partial charge on any atom is -0.444 e. The summed E-state index contributed by atoms with van der Waals surface area (Å²) in [5.41, 5.74) is 1.30. The highest BCUT2D eigenvalue weighted by Crippen LogP contribution is 2.28. The Morgan fingerprint density at radius 2 is 2.04 bits per heavy atom. The predicted molar refractivity (Wildman–Crippen MR) is 94.7 cm³/mol. The van der Waals surface area contributed by atoms with Gasteiger partial charge in [0.15, 0.2) is 12.1 Å². The molecule has 25 heavy (non-hydrogen) atoms. The van der Waals surface area contributed by atoms with Crippen molar-refractivity contribution < 1.29 is 19.0 Å². The Bertz CT molecular complexity index is 578. The van der Waals surface area contributed by atoms with Crippen molar-refractivity contribution in [2.24, 2.45) is 0 Å². The van der Waals surface area contributed by atoms with Crippen LogP contribution in [0.4, 0.5) is 10.6 Å². The molecule has 8 heteroatoms. The molecule has 1 aliphatic heterocycles. The summed E-state index contributed by atoms with van der Waals surface area (Å²) in [7, 11) is 3.19. The fourth-order valence-corrected chi connectivity index (χ4v) is 3.03. The van der Waals surface area contributed by atoms with Crippen LogP contribution in [0.2, 0.25) is 0 Å². The smallest absolute Gasteiger partial charge is 0.407 e. The second-order valence-electron chi connectivity index (χ2n) is 7.32. The van der Waals surface area contributed by atoms with E-state index >= 15 is 0 Å². The first kappa shape index (κ1) is 19.5. The molecule has 0 saturated carbocycles. The summed E-state index contributed by atoms with van der Waals surface area (Å²) < 4.78 is 15.9. The van der Waals surface area contributed by atoms with E-state index in [-0.39, 0.29) is 12.1 Å². The van der Waals surface area contributed by atoms with Gasteiger partial charge in [-0.1, -0.05) is 0 Å². The van der Waals surface area contributed by atoms with E-state index in [0.29, 0.717) is 6.54 Å². The molecular weight excluding hydrogens is 324 g/mol. The molecule has 2 N–H and O–H groups in total. The quantitative estimate of drug-likeness (QED) is 0.790. The molecule has 1 fully saturated rings. The minimum absolute atomic E-state index is 0.0313. The van der Waals surface area contributed by atoms with Gasteiger partial charge in [-0.3, -0.25) is 5.10 Å². The summed E-state index contributed by atoms with van der Waals surface area (Å²) >= 11 is 0. The third-order valence-corrected chi connectivity index (χ3v) is 4.13. The molecule has 0 aromatic carbocycles. The number of nitrogens with zero attached hydrogens (tertiary/aromatic N) is 2. The zero-order valence-electron chi connectivity index (χ0n) is 16.0. The molecule has 1 aromatic rings. The first-order valence-corrected chi connectivity index (χ1v) is 8.60. The summed E-state index contributed by atoms with van der Waals surface area (Å²) in [6.07, 6.45) is 1.05. The van der Waals surface area contributed by atoms with Crippen LogP contribution in [0.25, 0.3) is 0 Å². The van der Waals surface area contributed by atoms with Crippen molar-refractivity contribution in [3.05, 3.63) is 11.3 Å². The van der Waals surface area contributed by atoms with Crippen molar-refractivity contribution >= 4 is 11.9 Å². The van der Waals surface area contributed by atoms with E-state index in [1.807, 2.05) is 27.7 Å². The van der Waals surface area contributed by atoms with Gasteiger partial charge in [-0.15, -0.1) is 0 Å². The molecule has 8 nitrogen and oxygen atoms in total. The maximum atomic E-state index is 12.0. The highest BCUT2D eigenvalue weighted by atomic mass is 16.7. The van der Waals surface area contributed by atoms with E-state index in [9.17, 15) is 4.79 Å². The van der Waals surface area contributed by atoms with Crippen LogP contribution < -0.4 is 10.2 Å². The molecule has 1 aliphatic rings. The molecule has 2 rings (SSSR count). The first-order valence-electron chi connectivity index (χ1n) is 8.60. The van der Waals surface area contributed by atoms with Gasteiger partial charge in [-0.05, 0) is 40.5 Å². The van der Waals surface area contributed by atoms with Crippen LogP contribution in [-0.4, -0.2) is 55.2 Å². The number of anilines is 1. The number of hydrogen-bond donors (Lipinski definition) is 2. The molecular formula is C17H30N4O4. The molecule has 0 aliphatic carbocycles. The van der Waals surface area contributed by atoms with Gasteiger partial charge in [0.05, 0.1) is 5.69 Å². The van der Waals surface area contributed by atoms with Crippen LogP contribution in [0.1, 0.15) is 51.2 Å². The van der Waals surface area contributed by atoms with E-state index in [4.69, 9.17) is 14.2 Å². The zero-order valence-corrected chi connectivity index (χ0v) is 16.0. The number of amides is 1. The number of nitrogens with one attached hydrogen (secondary N) is 2. The topological polar surface area (TPSA) is 88.7 Å². The fraction of sp³-hybridized carbons (Fsp3) is 0.765. The van der Waals surface area contributed by atoms with Crippen LogP contribution in [0.15, 0.2) is 0 Å². The van der Waals surface area contributed by atoms with Crippen molar-refractivity contribution in [2.75, 3.05) is 32.2 Å². The van der Waals surface area contributed by atoms with Crippen LogP contribution in [0.5, 0.6) is 0 Å². The summed E-state index contributed by atoms with van der Waals surface area (Å²) in [5, 5.41) is 10.4. The Labute approximate surface area is 149 Å². The number of H-pyrrole nitrogens is 1. The number of alkyl carbamates (subject to hydrolysis) is 1. The number of carbonyl (C=O) groups excluding carboxylic acids is 1. The van der Waals surface area contributed by atoms with Crippen molar-refractivity contribution in [3.63, 3.8) is 0 Å². The Morgan fingerprint density at radius 1 is 1.36 bits per heavy atom. The first-order chi connectivity index (χ1) is 11.7. The number of hydrogen-bond acceptors (Lipinski definition) is 6. The second-order valence-corrected chi connectivity index (χ2v) is 7.32. The SMILES string of the molecule is COC(OC)c1[nH]nc(N2CCC[C@@H](NC(=O)OC(C)(C)C)C2)c1C. The van der Waals surface area contributed by atoms with E-state index in [1.165, 1.54) is 0 Å². The Balaban J connectivity index is 2.03. The number of rotatable bonds is 5. The average molecular weight is 354 g/mol. The molecule has 1 amide bonds. The third-order valence-electron chi connectivity index (χ3n) is 4.13.